The van der Waals surface area contributed by atoms with Gasteiger partial charge in [0.15, 0.2) is 0 Å². The van der Waals surface area contributed by atoms with E-state index in [4.69, 9.17) is 4.74 Å². The zero-order valence-electron chi connectivity index (χ0n) is 11.8. The summed E-state index contributed by atoms with van der Waals surface area (Å²) in [5, 5.41) is 15.4. The van der Waals surface area contributed by atoms with Gasteiger partial charge in [0.1, 0.15) is 5.75 Å². The third-order valence-corrected chi connectivity index (χ3v) is 3.72. The van der Waals surface area contributed by atoms with Crippen LogP contribution in [0, 0.1) is 0 Å². The molecule has 0 bridgehead atoms. The monoisotopic (exact) mass is 278 g/mol. The van der Waals surface area contributed by atoms with Gasteiger partial charge in [-0.15, -0.1) is 0 Å². The van der Waals surface area contributed by atoms with Crippen molar-refractivity contribution in [3.8, 4) is 5.75 Å². The molecule has 1 fully saturated rings. The molecular weight excluding hydrogens is 256 g/mol. The third-order valence-electron chi connectivity index (χ3n) is 3.72. The lowest BCUT2D eigenvalue weighted by Gasteiger charge is -2.36. The standard InChI is InChI=1S/C15H22N2O3/c1-20-13-5-3-12(4-6-13)7-10-16-14(18)17-11-15(19)8-2-9-15/h3-6,19H,2,7-11H2,1H3,(H2,16,17,18). The lowest BCUT2D eigenvalue weighted by Crippen LogP contribution is -2.50. The minimum absolute atomic E-state index is 0.223. The third kappa shape index (κ3) is 4.13. The summed E-state index contributed by atoms with van der Waals surface area (Å²) in [5.74, 6) is 0.827. The van der Waals surface area contributed by atoms with Gasteiger partial charge >= 0.3 is 6.03 Å². The summed E-state index contributed by atoms with van der Waals surface area (Å²) in [7, 11) is 1.64. The van der Waals surface area contributed by atoms with Crippen LogP contribution in [0.4, 0.5) is 4.79 Å². The van der Waals surface area contributed by atoms with Crippen molar-refractivity contribution in [2.45, 2.75) is 31.3 Å². The molecule has 0 aromatic heterocycles. The van der Waals surface area contributed by atoms with Crippen molar-refractivity contribution >= 4 is 6.03 Å². The second-order valence-corrected chi connectivity index (χ2v) is 5.29. The van der Waals surface area contributed by atoms with Crippen molar-refractivity contribution in [1.82, 2.24) is 10.6 Å². The first kappa shape index (κ1) is 14.7. The molecule has 5 nitrogen and oxygen atoms in total. The van der Waals surface area contributed by atoms with Gasteiger partial charge in [-0.2, -0.15) is 0 Å². The highest BCUT2D eigenvalue weighted by atomic mass is 16.5. The molecule has 110 valence electrons. The maximum atomic E-state index is 11.6. The lowest BCUT2D eigenvalue weighted by atomic mass is 9.80. The van der Waals surface area contributed by atoms with Gasteiger partial charge in [-0.05, 0) is 43.4 Å². The molecule has 0 atom stereocenters. The Labute approximate surface area is 119 Å². The molecule has 1 aliphatic rings. The number of urea groups is 1. The predicted molar refractivity (Wildman–Crippen MR) is 76.9 cm³/mol. The summed E-state index contributed by atoms with van der Waals surface area (Å²) >= 11 is 0. The molecule has 0 heterocycles. The van der Waals surface area contributed by atoms with Crippen molar-refractivity contribution in [1.29, 1.82) is 0 Å². The van der Waals surface area contributed by atoms with Gasteiger partial charge < -0.3 is 20.5 Å². The fraction of sp³-hybridized carbons (Fsp3) is 0.533. The van der Waals surface area contributed by atoms with Crippen molar-refractivity contribution in [2.24, 2.45) is 0 Å². The van der Waals surface area contributed by atoms with Crippen LogP contribution in [0.1, 0.15) is 24.8 Å². The number of benzene rings is 1. The maximum absolute atomic E-state index is 11.6. The zero-order chi connectivity index (χ0) is 14.4. The van der Waals surface area contributed by atoms with Crippen LogP contribution in [0.3, 0.4) is 0 Å². The van der Waals surface area contributed by atoms with Crippen LogP contribution in [0.25, 0.3) is 0 Å². The quantitative estimate of drug-likeness (QED) is 0.737. The van der Waals surface area contributed by atoms with E-state index in [1.54, 1.807) is 7.11 Å². The number of aliphatic hydroxyl groups is 1. The van der Waals surface area contributed by atoms with Crippen LogP contribution in [0.15, 0.2) is 24.3 Å². The molecule has 0 saturated heterocycles. The molecule has 0 radical (unpaired) electrons. The molecule has 0 unspecified atom stereocenters. The molecule has 20 heavy (non-hydrogen) atoms. The van der Waals surface area contributed by atoms with E-state index in [1.807, 2.05) is 24.3 Å². The Morgan fingerprint density at radius 3 is 2.55 bits per heavy atom. The first-order valence-electron chi connectivity index (χ1n) is 6.98. The number of carbonyl (C=O) groups excluding carboxylic acids is 1. The Morgan fingerprint density at radius 1 is 1.30 bits per heavy atom. The molecule has 2 amide bonds. The highest BCUT2D eigenvalue weighted by Crippen LogP contribution is 2.30. The molecule has 1 aromatic carbocycles. The van der Waals surface area contributed by atoms with Crippen LogP contribution in [-0.4, -0.2) is 36.9 Å². The Bertz CT molecular complexity index is 441. The fourth-order valence-corrected chi connectivity index (χ4v) is 2.18. The molecule has 2 rings (SSSR count). The molecule has 3 N–H and O–H groups in total. The van der Waals surface area contributed by atoms with Crippen LogP contribution in [0.2, 0.25) is 0 Å². The second kappa shape index (κ2) is 6.61. The molecule has 0 aliphatic heterocycles. The predicted octanol–water partition coefficient (Wildman–Crippen LogP) is 1.45. The average molecular weight is 278 g/mol. The van der Waals surface area contributed by atoms with Gasteiger partial charge in [0.25, 0.3) is 0 Å². The van der Waals surface area contributed by atoms with E-state index in [0.717, 1.165) is 37.0 Å². The number of nitrogens with one attached hydrogen (secondary N) is 2. The van der Waals surface area contributed by atoms with E-state index in [1.165, 1.54) is 0 Å². The van der Waals surface area contributed by atoms with E-state index in [2.05, 4.69) is 10.6 Å². The summed E-state index contributed by atoms with van der Waals surface area (Å²) in [6.45, 7) is 0.901. The minimum atomic E-state index is -0.673. The van der Waals surface area contributed by atoms with Crippen molar-refractivity contribution in [2.75, 3.05) is 20.2 Å². The average Bonchev–Trinajstić information content (AvgIpc) is 2.44. The topological polar surface area (TPSA) is 70.6 Å². The smallest absolute Gasteiger partial charge is 0.314 e. The van der Waals surface area contributed by atoms with Gasteiger partial charge in [-0.25, -0.2) is 4.79 Å². The Morgan fingerprint density at radius 2 is 2.00 bits per heavy atom. The summed E-state index contributed by atoms with van der Waals surface area (Å²) in [6, 6.07) is 7.55. The van der Waals surface area contributed by atoms with E-state index >= 15 is 0 Å². The number of rotatable bonds is 6. The normalized spacial score (nSPS) is 16.1. The van der Waals surface area contributed by atoms with Gasteiger partial charge in [0, 0.05) is 13.1 Å². The molecule has 0 spiro atoms. The molecule has 1 aromatic rings. The van der Waals surface area contributed by atoms with E-state index < -0.39 is 5.60 Å². The summed E-state index contributed by atoms with van der Waals surface area (Å²) in [6.07, 6.45) is 3.36. The summed E-state index contributed by atoms with van der Waals surface area (Å²) in [4.78, 5) is 11.6. The van der Waals surface area contributed by atoms with Crippen LogP contribution >= 0.6 is 0 Å². The second-order valence-electron chi connectivity index (χ2n) is 5.29. The first-order valence-corrected chi connectivity index (χ1v) is 6.98. The molecule has 5 heteroatoms. The number of carbonyl (C=O) groups is 1. The number of ether oxygens (including phenoxy) is 1. The number of methoxy groups -OCH3 is 1. The van der Waals surface area contributed by atoms with E-state index in [0.29, 0.717) is 13.1 Å². The Balaban J connectivity index is 1.63. The summed E-state index contributed by atoms with van der Waals surface area (Å²) < 4.78 is 5.09. The molecular formula is C15H22N2O3. The van der Waals surface area contributed by atoms with Gasteiger partial charge in [-0.1, -0.05) is 12.1 Å². The number of amides is 2. The van der Waals surface area contributed by atoms with Gasteiger partial charge in [0.05, 0.1) is 12.7 Å². The minimum Gasteiger partial charge on any atom is -0.497 e. The fourth-order valence-electron chi connectivity index (χ4n) is 2.18. The van der Waals surface area contributed by atoms with Crippen LogP contribution in [-0.2, 0) is 6.42 Å². The maximum Gasteiger partial charge on any atom is 0.314 e. The molecule has 1 saturated carbocycles. The highest BCUT2D eigenvalue weighted by Gasteiger charge is 2.34. The Kier molecular flexibility index (Phi) is 4.84. The van der Waals surface area contributed by atoms with Crippen molar-refractivity contribution in [3.63, 3.8) is 0 Å². The number of hydrogen-bond donors (Lipinski definition) is 3. The van der Waals surface area contributed by atoms with Crippen LogP contribution < -0.4 is 15.4 Å². The van der Waals surface area contributed by atoms with Crippen molar-refractivity contribution in [3.05, 3.63) is 29.8 Å². The van der Waals surface area contributed by atoms with Crippen LogP contribution in [0.5, 0.6) is 5.75 Å². The summed E-state index contributed by atoms with van der Waals surface area (Å²) in [5.41, 5.74) is 0.469. The zero-order valence-corrected chi connectivity index (χ0v) is 11.8. The first-order chi connectivity index (χ1) is 9.61. The van der Waals surface area contributed by atoms with Gasteiger partial charge in [-0.3, -0.25) is 0 Å². The number of hydrogen-bond acceptors (Lipinski definition) is 3. The van der Waals surface area contributed by atoms with E-state index in [9.17, 15) is 9.90 Å². The largest absolute Gasteiger partial charge is 0.497 e. The van der Waals surface area contributed by atoms with Crippen molar-refractivity contribution < 1.29 is 14.6 Å². The lowest BCUT2D eigenvalue weighted by molar-refractivity contribution is -0.0290. The molecule has 1 aliphatic carbocycles. The SMILES string of the molecule is COc1ccc(CCNC(=O)NCC2(O)CCC2)cc1. The highest BCUT2D eigenvalue weighted by molar-refractivity contribution is 5.73. The van der Waals surface area contributed by atoms with Gasteiger partial charge in [0.2, 0.25) is 0 Å². The Hall–Kier alpha value is -1.75. The van der Waals surface area contributed by atoms with E-state index in [-0.39, 0.29) is 6.03 Å².